The Bertz CT molecular complexity index is 980. The largest absolute Gasteiger partial charge is 0.474 e. The molecule has 0 atom stereocenters. The normalized spacial score (nSPS) is 15.3. The van der Waals surface area contributed by atoms with E-state index < -0.39 is 21.5 Å². The van der Waals surface area contributed by atoms with Crippen LogP contribution in [0.4, 0.5) is 8.78 Å². The van der Waals surface area contributed by atoms with Crippen molar-refractivity contribution in [3.8, 4) is 17.5 Å². The smallest absolute Gasteiger partial charge is 0.229 e. The third kappa shape index (κ3) is 5.83. The lowest BCUT2D eigenvalue weighted by Crippen LogP contribution is -2.34. The number of piperidine rings is 1. The van der Waals surface area contributed by atoms with Crippen molar-refractivity contribution >= 4 is 9.84 Å². The summed E-state index contributed by atoms with van der Waals surface area (Å²) in [6, 6.07) is 1.83. The lowest BCUT2D eigenvalue weighted by atomic mass is 10.1. The van der Waals surface area contributed by atoms with E-state index in [9.17, 15) is 17.2 Å². The van der Waals surface area contributed by atoms with Gasteiger partial charge >= 0.3 is 0 Å². The van der Waals surface area contributed by atoms with Crippen LogP contribution < -0.4 is 14.8 Å². The van der Waals surface area contributed by atoms with Gasteiger partial charge in [-0.25, -0.2) is 27.2 Å². The third-order valence-electron chi connectivity index (χ3n) is 4.61. The Morgan fingerprint density at radius 2 is 1.83 bits per heavy atom. The van der Waals surface area contributed by atoms with Gasteiger partial charge in [0.1, 0.15) is 28.1 Å². The highest BCUT2D eigenvalue weighted by atomic mass is 32.2. The molecular formula is C19H23F2N3O4S. The zero-order chi connectivity index (χ0) is 21.0. The average molecular weight is 427 g/mol. The SMILES string of the molecule is Cc1c(Oc2cc(F)c(CCS(C)(=O)=O)cc2F)ncnc1OC1CCNCC1. The first-order chi connectivity index (χ1) is 13.7. The monoisotopic (exact) mass is 427 g/mol. The summed E-state index contributed by atoms with van der Waals surface area (Å²) in [5.41, 5.74) is 0.446. The van der Waals surface area contributed by atoms with Gasteiger partial charge < -0.3 is 14.8 Å². The van der Waals surface area contributed by atoms with Crippen LogP contribution in [0.2, 0.25) is 0 Å². The molecule has 1 aliphatic rings. The van der Waals surface area contributed by atoms with Crippen molar-refractivity contribution in [3.05, 3.63) is 41.2 Å². The fraction of sp³-hybridized carbons (Fsp3) is 0.474. The van der Waals surface area contributed by atoms with Crippen LogP contribution in [0.3, 0.4) is 0 Å². The number of nitrogens with zero attached hydrogens (tertiary/aromatic N) is 2. The van der Waals surface area contributed by atoms with E-state index in [1.54, 1.807) is 6.92 Å². The highest BCUT2D eigenvalue weighted by Crippen LogP contribution is 2.31. The molecule has 0 bridgehead atoms. The Hall–Kier alpha value is -2.33. The molecule has 0 spiro atoms. The van der Waals surface area contributed by atoms with Crippen LogP contribution in [-0.2, 0) is 16.3 Å². The fourth-order valence-electron chi connectivity index (χ4n) is 2.95. The van der Waals surface area contributed by atoms with Crippen LogP contribution in [0, 0.1) is 18.6 Å². The summed E-state index contributed by atoms with van der Waals surface area (Å²) in [6.07, 6.45) is 3.86. The van der Waals surface area contributed by atoms with Gasteiger partial charge in [0.25, 0.3) is 0 Å². The molecule has 0 amide bonds. The number of hydrogen-bond acceptors (Lipinski definition) is 7. The number of aromatic nitrogens is 2. The number of ether oxygens (including phenoxy) is 2. The molecule has 2 heterocycles. The van der Waals surface area contributed by atoms with Gasteiger partial charge in [0.05, 0.1) is 11.3 Å². The summed E-state index contributed by atoms with van der Waals surface area (Å²) in [5.74, 6) is -1.78. The van der Waals surface area contributed by atoms with Gasteiger partial charge in [-0.2, -0.15) is 0 Å². The van der Waals surface area contributed by atoms with Crippen LogP contribution in [0.25, 0.3) is 0 Å². The van der Waals surface area contributed by atoms with Crippen LogP contribution in [0.1, 0.15) is 24.0 Å². The van der Waals surface area contributed by atoms with Crippen molar-refractivity contribution in [1.82, 2.24) is 15.3 Å². The molecule has 1 aromatic heterocycles. The van der Waals surface area contributed by atoms with E-state index >= 15 is 0 Å². The van der Waals surface area contributed by atoms with Gasteiger partial charge in [-0.15, -0.1) is 0 Å². The van der Waals surface area contributed by atoms with Crippen LogP contribution in [-0.4, -0.2) is 49.6 Å². The molecule has 1 saturated heterocycles. The van der Waals surface area contributed by atoms with Gasteiger partial charge in [-0.05, 0) is 50.9 Å². The number of halogens is 2. The maximum Gasteiger partial charge on any atom is 0.229 e. The first kappa shape index (κ1) is 21.4. The van der Waals surface area contributed by atoms with E-state index in [-0.39, 0.29) is 35.5 Å². The standard InChI is InChI=1S/C19H23F2N3O4S/c1-12-18(27-14-3-6-22-7-4-14)23-11-24-19(12)28-17-10-15(20)13(9-16(17)21)5-8-29(2,25)26/h9-11,14,22H,3-8H2,1-2H3. The Balaban J connectivity index is 1.77. The molecule has 10 heteroatoms. The number of hydrogen-bond donors (Lipinski definition) is 1. The molecule has 3 rings (SSSR count). The van der Waals surface area contributed by atoms with Gasteiger partial charge in [0.2, 0.25) is 11.8 Å². The van der Waals surface area contributed by atoms with E-state index in [1.807, 2.05) is 0 Å². The van der Waals surface area contributed by atoms with Crippen molar-refractivity contribution in [2.75, 3.05) is 25.1 Å². The van der Waals surface area contributed by atoms with E-state index in [4.69, 9.17) is 9.47 Å². The first-order valence-electron chi connectivity index (χ1n) is 9.25. The molecule has 1 fully saturated rings. The molecule has 29 heavy (non-hydrogen) atoms. The first-order valence-corrected chi connectivity index (χ1v) is 11.3. The molecule has 0 saturated carbocycles. The predicted octanol–water partition coefficient (Wildman–Crippen LogP) is 2.57. The molecule has 0 radical (unpaired) electrons. The topological polar surface area (TPSA) is 90.4 Å². The summed E-state index contributed by atoms with van der Waals surface area (Å²) in [4.78, 5) is 8.11. The zero-order valence-corrected chi connectivity index (χ0v) is 17.1. The van der Waals surface area contributed by atoms with Crippen LogP contribution in [0.5, 0.6) is 17.5 Å². The summed E-state index contributed by atoms with van der Waals surface area (Å²) in [7, 11) is -3.29. The van der Waals surface area contributed by atoms with Gasteiger partial charge in [0.15, 0.2) is 11.6 Å². The number of aryl methyl sites for hydroxylation is 1. The van der Waals surface area contributed by atoms with E-state index in [1.165, 1.54) is 6.33 Å². The van der Waals surface area contributed by atoms with Crippen molar-refractivity contribution in [1.29, 1.82) is 0 Å². The quantitative estimate of drug-likeness (QED) is 0.726. The maximum absolute atomic E-state index is 14.4. The van der Waals surface area contributed by atoms with E-state index in [0.29, 0.717) is 11.4 Å². The molecule has 1 aliphatic heterocycles. The van der Waals surface area contributed by atoms with Crippen molar-refractivity contribution in [3.63, 3.8) is 0 Å². The van der Waals surface area contributed by atoms with Crippen molar-refractivity contribution in [2.24, 2.45) is 0 Å². The molecule has 0 unspecified atom stereocenters. The molecule has 7 nitrogen and oxygen atoms in total. The second-order valence-electron chi connectivity index (χ2n) is 7.03. The minimum atomic E-state index is -3.29. The Kier molecular flexibility index (Phi) is 6.63. The molecule has 1 N–H and O–H groups in total. The highest BCUT2D eigenvalue weighted by molar-refractivity contribution is 7.90. The molecule has 1 aromatic carbocycles. The van der Waals surface area contributed by atoms with Crippen molar-refractivity contribution < 1.29 is 26.7 Å². The second-order valence-corrected chi connectivity index (χ2v) is 9.29. The second kappa shape index (κ2) is 9.00. The average Bonchev–Trinajstić information content (AvgIpc) is 2.66. The minimum Gasteiger partial charge on any atom is -0.474 e. The molecular weight excluding hydrogens is 404 g/mol. The Labute approximate surface area is 168 Å². The molecule has 2 aromatic rings. The lowest BCUT2D eigenvalue weighted by Gasteiger charge is -2.24. The maximum atomic E-state index is 14.4. The Morgan fingerprint density at radius 1 is 1.14 bits per heavy atom. The van der Waals surface area contributed by atoms with Crippen LogP contribution in [0.15, 0.2) is 18.5 Å². The van der Waals surface area contributed by atoms with Crippen LogP contribution >= 0.6 is 0 Å². The van der Waals surface area contributed by atoms with Crippen molar-refractivity contribution in [2.45, 2.75) is 32.3 Å². The third-order valence-corrected chi connectivity index (χ3v) is 5.55. The summed E-state index contributed by atoms with van der Waals surface area (Å²) >= 11 is 0. The number of rotatable bonds is 7. The Morgan fingerprint density at radius 3 is 2.52 bits per heavy atom. The van der Waals surface area contributed by atoms with E-state index in [0.717, 1.165) is 44.3 Å². The number of benzene rings is 1. The van der Waals surface area contributed by atoms with E-state index in [2.05, 4.69) is 15.3 Å². The predicted molar refractivity (Wildman–Crippen MR) is 103 cm³/mol. The molecule has 0 aliphatic carbocycles. The van der Waals surface area contributed by atoms with Gasteiger partial charge in [-0.1, -0.05) is 0 Å². The molecule has 158 valence electrons. The fourth-order valence-corrected chi connectivity index (χ4v) is 3.54. The van der Waals surface area contributed by atoms with Gasteiger partial charge in [0, 0.05) is 12.3 Å². The zero-order valence-electron chi connectivity index (χ0n) is 16.2. The summed E-state index contributed by atoms with van der Waals surface area (Å²) in [5, 5.41) is 3.24. The highest BCUT2D eigenvalue weighted by Gasteiger charge is 2.20. The number of sulfone groups is 1. The lowest BCUT2D eigenvalue weighted by molar-refractivity contribution is 0.154. The minimum absolute atomic E-state index is 0.0148. The number of nitrogens with one attached hydrogen (secondary N) is 1. The summed E-state index contributed by atoms with van der Waals surface area (Å²) in [6.45, 7) is 3.39. The summed E-state index contributed by atoms with van der Waals surface area (Å²) < 4.78 is 62.6. The van der Waals surface area contributed by atoms with Gasteiger partial charge in [-0.3, -0.25) is 0 Å².